The first-order chi connectivity index (χ1) is 16.9. The molecule has 0 aliphatic carbocycles. The second-order valence-electron chi connectivity index (χ2n) is 8.48. The molecule has 0 saturated carbocycles. The molecule has 1 atom stereocenters. The molecule has 174 valence electrons. The van der Waals surface area contributed by atoms with Gasteiger partial charge in [0.15, 0.2) is 0 Å². The van der Waals surface area contributed by atoms with Crippen molar-refractivity contribution in [2.75, 3.05) is 0 Å². The fourth-order valence-electron chi connectivity index (χ4n) is 4.26. The summed E-state index contributed by atoms with van der Waals surface area (Å²) in [5, 5.41) is 23.2. The molecule has 6 heteroatoms. The van der Waals surface area contributed by atoms with E-state index in [1.54, 1.807) is 31.4 Å². The van der Waals surface area contributed by atoms with Gasteiger partial charge in [-0.05, 0) is 65.1 Å². The third kappa shape index (κ3) is 5.34. The highest BCUT2D eigenvalue weighted by molar-refractivity contribution is 6.30. The van der Waals surface area contributed by atoms with Crippen LogP contribution in [0.5, 0.6) is 0 Å². The zero-order chi connectivity index (χ0) is 24.9. The Morgan fingerprint density at radius 3 is 2.26 bits per heavy atom. The second kappa shape index (κ2) is 10.4. The molecule has 5 nitrogen and oxygen atoms in total. The SMILES string of the molecule is Cc1cc(Cl)ccc1C(CC(=NO)c1ccc(=O)n(C)c1)c1ccc(-c2ccc(C#N)cc2)cc1. The fourth-order valence-corrected chi connectivity index (χ4v) is 4.48. The van der Waals surface area contributed by atoms with Crippen LogP contribution in [0.4, 0.5) is 0 Å². The number of aryl methyl sites for hydroxylation is 2. The van der Waals surface area contributed by atoms with Crippen LogP contribution >= 0.6 is 11.6 Å². The van der Waals surface area contributed by atoms with Gasteiger partial charge in [-0.2, -0.15) is 5.26 Å². The quantitative estimate of drug-likeness (QED) is 0.200. The maximum Gasteiger partial charge on any atom is 0.250 e. The maximum absolute atomic E-state index is 11.8. The van der Waals surface area contributed by atoms with Crippen LogP contribution in [0.1, 0.15) is 40.2 Å². The number of aromatic nitrogens is 1. The van der Waals surface area contributed by atoms with Crippen molar-refractivity contribution in [3.05, 3.63) is 128 Å². The van der Waals surface area contributed by atoms with Gasteiger partial charge in [0.2, 0.25) is 5.56 Å². The summed E-state index contributed by atoms with van der Waals surface area (Å²) in [6.07, 6.45) is 2.10. The molecule has 1 unspecified atom stereocenters. The van der Waals surface area contributed by atoms with Gasteiger partial charge in [0, 0.05) is 42.2 Å². The third-order valence-corrected chi connectivity index (χ3v) is 6.44. The summed E-state index contributed by atoms with van der Waals surface area (Å²) >= 11 is 6.22. The van der Waals surface area contributed by atoms with Gasteiger partial charge in [-0.1, -0.05) is 59.2 Å². The number of oxime groups is 1. The Kier molecular flexibility index (Phi) is 7.14. The van der Waals surface area contributed by atoms with Crippen LogP contribution in [0.25, 0.3) is 11.1 Å². The zero-order valence-corrected chi connectivity index (χ0v) is 20.2. The third-order valence-electron chi connectivity index (χ3n) is 6.20. The van der Waals surface area contributed by atoms with Crippen LogP contribution in [0.15, 0.2) is 95.0 Å². The normalized spacial score (nSPS) is 12.2. The Bertz CT molecular complexity index is 1480. The van der Waals surface area contributed by atoms with Gasteiger partial charge in [0.05, 0.1) is 17.3 Å². The van der Waals surface area contributed by atoms with Crippen molar-refractivity contribution in [1.29, 1.82) is 5.26 Å². The molecule has 4 rings (SSSR count). The van der Waals surface area contributed by atoms with Crippen molar-refractivity contribution >= 4 is 17.3 Å². The summed E-state index contributed by atoms with van der Waals surface area (Å²) in [6, 6.07) is 26.8. The van der Waals surface area contributed by atoms with Crippen LogP contribution < -0.4 is 5.56 Å². The van der Waals surface area contributed by atoms with Crippen molar-refractivity contribution in [1.82, 2.24) is 4.57 Å². The largest absolute Gasteiger partial charge is 0.411 e. The monoisotopic (exact) mass is 481 g/mol. The molecule has 3 aromatic carbocycles. The van der Waals surface area contributed by atoms with Crippen LogP contribution in [0.3, 0.4) is 0 Å². The van der Waals surface area contributed by atoms with E-state index in [0.29, 0.717) is 28.3 Å². The van der Waals surface area contributed by atoms with Crippen molar-refractivity contribution in [2.45, 2.75) is 19.3 Å². The average molecular weight is 482 g/mol. The zero-order valence-electron chi connectivity index (χ0n) is 19.4. The molecule has 0 saturated heterocycles. The van der Waals surface area contributed by atoms with Gasteiger partial charge >= 0.3 is 0 Å². The van der Waals surface area contributed by atoms with Crippen molar-refractivity contribution in [3.63, 3.8) is 0 Å². The van der Waals surface area contributed by atoms with Gasteiger partial charge in [-0.25, -0.2) is 0 Å². The van der Waals surface area contributed by atoms with Crippen LogP contribution in [0.2, 0.25) is 5.02 Å². The summed E-state index contributed by atoms with van der Waals surface area (Å²) in [4.78, 5) is 11.8. The van der Waals surface area contributed by atoms with Gasteiger partial charge in [0.25, 0.3) is 0 Å². The van der Waals surface area contributed by atoms with Crippen molar-refractivity contribution < 1.29 is 5.21 Å². The van der Waals surface area contributed by atoms with E-state index >= 15 is 0 Å². The van der Waals surface area contributed by atoms with Gasteiger partial charge in [-0.15, -0.1) is 0 Å². The van der Waals surface area contributed by atoms with E-state index < -0.39 is 0 Å². The first-order valence-corrected chi connectivity index (χ1v) is 11.5. The molecular formula is C29H24ClN3O2. The number of hydrogen-bond donors (Lipinski definition) is 1. The maximum atomic E-state index is 11.8. The summed E-state index contributed by atoms with van der Waals surface area (Å²) in [5.41, 5.74) is 6.89. The lowest BCUT2D eigenvalue weighted by Crippen LogP contribution is -2.18. The molecule has 1 aromatic heterocycles. The van der Waals surface area contributed by atoms with Gasteiger partial charge in [0.1, 0.15) is 0 Å². The smallest absolute Gasteiger partial charge is 0.250 e. The number of nitriles is 1. The predicted molar refractivity (Wildman–Crippen MR) is 139 cm³/mol. The molecule has 1 heterocycles. The van der Waals surface area contributed by atoms with E-state index in [2.05, 4.69) is 35.5 Å². The minimum absolute atomic E-state index is 0.106. The highest BCUT2D eigenvalue weighted by atomic mass is 35.5. The Morgan fingerprint density at radius 1 is 1.03 bits per heavy atom. The molecular weight excluding hydrogens is 458 g/mol. The van der Waals surface area contributed by atoms with Crippen molar-refractivity contribution in [2.24, 2.45) is 12.2 Å². The lowest BCUT2D eigenvalue weighted by atomic mass is 9.83. The van der Waals surface area contributed by atoms with E-state index in [4.69, 9.17) is 16.9 Å². The molecule has 4 aromatic rings. The number of rotatable bonds is 6. The fraction of sp³-hybridized carbons (Fsp3) is 0.138. The summed E-state index contributed by atoms with van der Waals surface area (Å²) in [7, 11) is 1.67. The highest BCUT2D eigenvalue weighted by Crippen LogP contribution is 2.34. The first-order valence-electron chi connectivity index (χ1n) is 11.1. The Hall–Kier alpha value is -4.14. The lowest BCUT2D eigenvalue weighted by Gasteiger charge is -2.21. The van der Waals surface area contributed by atoms with Gasteiger partial charge in [-0.3, -0.25) is 4.79 Å². The van der Waals surface area contributed by atoms with E-state index in [1.165, 1.54) is 10.6 Å². The number of nitrogens with zero attached hydrogens (tertiary/aromatic N) is 3. The number of pyridine rings is 1. The minimum atomic E-state index is -0.130. The number of hydrogen-bond acceptors (Lipinski definition) is 4. The highest BCUT2D eigenvalue weighted by Gasteiger charge is 2.21. The van der Waals surface area contributed by atoms with E-state index in [1.807, 2.05) is 37.3 Å². The molecule has 0 aliphatic rings. The average Bonchev–Trinajstić information content (AvgIpc) is 2.87. The lowest BCUT2D eigenvalue weighted by molar-refractivity contribution is 0.317. The topological polar surface area (TPSA) is 78.4 Å². The van der Waals surface area contributed by atoms with Crippen LogP contribution in [0, 0.1) is 18.3 Å². The number of benzene rings is 3. The molecule has 0 bridgehead atoms. The van der Waals surface area contributed by atoms with Crippen LogP contribution in [-0.2, 0) is 7.05 Å². The Balaban J connectivity index is 1.73. The summed E-state index contributed by atoms with van der Waals surface area (Å²) in [5.74, 6) is -0.106. The van der Waals surface area contributed by atoms with Crippen molar-refractivity contribution in [3.8, 4) is 17.2 Å². The van der Waals surface area contributed by atoms with E-state index in [9.17, 15) is 10.0 Å². The number of halogens is 1. The molecule has 35 heavy (non-hydrogen) atoms. The molecule has 0 aliphatic heterocycles. The van der Waals surface area contributed by atoms with E-state index in [-0.39, 0.29) is 11.5 Å². The minimum Gasteiger partial charge on any atom is -0.411 e. The Morgan fingerprint density at radius 2 is 1.69 bits per heavy atom. The molecule has 0 radical (unpaired) electrons. The summed E-state index contributed by atoms with van der Waals surface area (Å²) < 4.78 is 1.47. The predicted octanol–water partition coefficient (Wildman–Crippen LogP) is 6.29. The molecule has 1 N–H and O–H groups in total. The second-order valence-corrected chi connectivity index (χ2v) is 8.92. The summed E-state index contributed by atoms with van der Waals surface area (Å²) in [6.45, 7) is 2.02. The van der Waals surface area contributed by atoms with E-state index in [0.717, 1.165) is 27.8 Å². The molecule has 0 amide bonds. The first kappa shape index (κ1) is 24.0. The standard InChI is InChI=1S/C29H24ClN3O2/c1-19-15-25(30)12-13-26(19)27(16-28(32-35)24-11-14-29(34)33(2)18-24)23-9-7-22(8-10-23)21-5-3-20(17-31)4-6-21/h3-15,18,27,35H,16H2,1-2H3. The molecule has 0 fully saturated rings. The van der Waals surface area contributed by atoms with Crippen LogP contribution in [-0.4, -0.2) is 15.5 Å². The molecule has 0 spiro atoms. The van der Waals surface area contributed by atoms with Gasteiger partial charge < -0.3 is 9.77 Å². The Labute approximate surface area is 209 Å².